The van der Waals surface area contributed by atoms with Crippen LogP contribution >= 0.6 is 11.3 Å². The Morgan fingerprint density at radius 3 is 3.00 bits per heavy atom. The molecule has 76 valence electrons. The van der Waals surface area contributed by atoms with Gasteiger partial charge in [0.2, 0.25) is 5.91 Å². The molecule has 0 aromatic carbocycles. The van der Waals surface area contributed by atoms with E-state index in [9.17, 15) is 4.79 Å². The van der Waals surface area contributed by atoms with Gasteiger partial charge in [0.25, 0.3) is 0 Å². The molecule has 1 rings (SSSR count). The van der Waals surface area contributed by atoms with Crippen molar-refractivity contribution in [2.45, 2.75) is 6.54 Å². The van der Waals surface area contributed by atoms with Crippen LogP contribution in [0.3, 0.4) is 0 Å². The van der Waals surface area contributed by atoms with Crippen molar-refractivity contribution < 1.29 is 9.90 Å². The van der Waals surface area contributed by atoms with E-state index in [0.29, 0.717) is 13.1 Å². The van der Waals surface area contributed by atoms with E-state index in [0.717, 1.165) is 4.88 Å². The number of carbonyl (C=O) groups is 1. The summed E-state index contributed by atoms with van der Waals surface area (Å²) in [6.07, 6.45) is 1.65. The van der Waals surface area contributed by atoms with Crippen molar-refractivity contribution in [1.82, 2.24) is 4.90 Å². The lowest BCUT2D eigenvalue weighted by atomic mass is 10.4. The van der Waals surface area contributed by atoms with Crippen LogP contribution in [0.1, 0.15) is 4.88 Å². The molecule has 0 saturated carbocycles. The third kappa shape index (κ3) is 2.97. The highest BCUT2D eigenvalue weighted by Gasteiger charge is 2.11. The monoisotopic (exact) mass is 211 g/mol. The van der Waals surface area contributed by atoms with Crippen molar-refractivity contribution in [3.63, 3.8) is 0 Å². The number of hydrogen-bond donors (Lipinski definition) is 1. The van der Waals surface area contributed by atoms with Gasteiger partial charge in [0.05, 0.1) is 6.54 Å². The quantitative estimate of drug-likeness (QED) is 0.745. The van der Waals surface area contributed by atoms with Crippen molar-refractivity contribution in [3.05, 3.63) is 35.0 Å². The number of thiophene rings is 1. The highest BCUT2D eigenvalue weighted by molar-refractivity contribution is 7.09. The Morgan fingerprint density at radius 2 is 2.50 bits per heavy atom. The summed E-state index contributed by atoms with van der Waals surface area (Å²) >= 11 is 1.60. The van der Waals surface area contributed by atoms with Crippen LogP contribution in [0.5, 0.6) is 0 Å². The van der Waals surface area contributed by atoms with Crippen molar-refractivity contribution in [2.24, 2.45) is 0 Å². The summed E-state index contributed by atoms with van der Waals surface area (Å²) in [6.45, 7) is 4.14. The summed E-state index contributed by atoms with van der Waals surface area (Å²) in [6, 6.07) is 3.90. The minimum absolute atomic E-state index is 0.265. The van der Waals surface area contributed by atoms with Gasteiger partial charge >= 0.3 is 0 Å². The van der Waals surface area contributed by atoms with Gasteiger partial charge in [-0.05, 0) is 11.4 Å². The number of rotatable bonds is 5. The fourth-order valence-electron chi connectivity index (χ4n) is 1.10. The molecule has 0 unspecified atom stereocenters. The van der Waals surface area contributed by atoms with Gasteiger partial charge in [-0.15, -0.1) is 17.9 Å². The Balaban J connectivity index is 2.59. The van der Waals surface area contributed by atoms with Crippen molar-refractivity contribution in [3.8, 4) is 0 Å². The number of carbonyl (C=O) groups excluding carboxylic acids is 1. The summed E-state index contributed by atoms with van der Waals surface area (Å²) in [4.78, 5) is 13.9. The molecule has 0 aliphatic carbocycles. The van der Waals surface area contributed by atoms with E-state index in [1.54, 1.807) is 22.3 Å². The van der Waals surface area contributed by atoms with Crippen LogP contribution in [-0.2, 0) is 11.3 Å². The topological polar surface area (TPSA) is 40.5 Å². The first kappa shape index (κ1) is 10.9. The molecular formula is C10H13NO2S. The molecule has 1 aromatic rings. The molecule has 0 bridgehead atoms. The van der Waals surface area contributed by atoms with Crippen molar-refractivity contribution in [2.75, 3.05) is 13.2 Å². The summed E-state index contributed by atoms with van der Waals surface area (Å²) < 4.78 is 0. The summed E-state index contributed by atoms with van der Waals surface area (Å²) in [5.41, 5.74) is 0. The molecule has 1 aromatic heterocycles. The summed E-state index contributed by atoms with van der Waals surface area (Å²) in [7, 11) is 0. The molecule has 1 amide bonds. The van der Waals surface area contributed by atoms with Crippen LogP contribution in [-0.4, -0.2) is 29.1 Å². The van der Waals surface area contributed by atoms with Gasteiger partial charge in [-0.1, -0.05) is 12.1 Å². The predicted molar refractivity (Wildman–Crippen MR) is 57.0 cm³/mol. The lowest BCUT2D eigenvalue weighted by Crippen LogP contribution is -2.32. The fourth-order valence-corrected chi connectivity index (χ4v) is 1.82. The maximum absolute atomic E-state index is 11.3. The second-order valence-corrected chi connectivity index (χ2v) is 3.83. The van der Waals surface area contributed by atoms with Gasteiger partial charge in [-0.25, -0.2) is 0 Å². The lowest BCUT2D eigenvalue weighted by Gasteiger charge is -2.18. The van der Waals surface area contributed by atoms with Crippen LogP contribution in [0.4, 0.5) is 0 Å². The van der Waals surface area contributed by atoms with E-state index in [1.807, 2.05) is 17.5 Å². The third-order valence-electron chi connectivity index (χ3n) is 1.76. The Labute approximate surface area is 87.3 Å². The van der Waals surface area contributed by atoms with Gasteiger partial charge in [0.1, 0.15) is 6.61 Å². The fraction of sp³-hybridized carbons (Fsp3) is 0.300. The first-order valence-electron chi connectivity index (χ1n) is 4.30. The summed E-state index contributed by atoms with van der Waals surface area (Å²) in [5, 5.41) is 10.7. The van der Waals surface area contributed by atoms with Crippen LogP contribution in [0.15, 0.2) is 30.2 Å². The molecule has 0 radical (unpaired) electrons. The van der Waals surface area contributed by atoms with Crippen LogP contribution in [0, 0.1) is 0 Å². The Bertz CT molecular complexity index is 295. The number of hydrogen-bond acceptors (Lipinski definition) is 3. The van der Waals surface area contributed by atoms with E-state index in [2.05, 4.69) is 6.58 Å². The van der Waals surface area contributed by atoms with Gasteiger partial charge < -0.3 is 10.0 Å². The normalized spacial score (nSPS) is 9.79. The minimum atomic E-state index is -0.445. The second kappa shape index (κ2) is 5.57. The van der Waals surface area contributed by atoms with E-state index < -0.39 is 6.61 Å². The van der Waals surface area contributed by atoms with Crippen LogP contribution < -0.4 is 0 Å². The van der Waals surface area contributed by atoms with E-state index in [1.165, 1.54) is 0 Å². The van der Waals surface area contributed by atoms with E-state index >= 15 is 0 Å². The average Bonchev–Trinajstić information content (AvgIpc) is 2.68. The Kier molecular flexibility index (Phi) is 4.35. The van der Waals surface area contributed by atoms with Crippen molar-refractivity contribution >= 4 is 17.2 Å². The van der Waals surface area contributed by atoms with Gasteiger partial charge in [0, 0.05) is 11.4 Å². The maximum Gasteiger partial charge on any atom is 0.248 e. The number of nitrogens with zero attached hydrogens (tertiary/aromatic N) is 1. The molecular weight excluding hydrogens is 198 g/mol. The molecule has 0 atom stereocenters. The van der Waals surface area contributed by atoms with Gasteiger partial charge in [-0.3, -0.25) is 4.79 Å². The molecule has 0 spiro atoms. The molecule has 1 N–H and O–H groups in total. The molecule has 14 heavy (non-hydrogen) atoms. The van der Waals surface area contributed by atoms with Crippen LogP contribution in [0.25, 0.3) is 0 Å². The zero-order chi connectivity index (χ0) is 10.4. The van der Waals surface area contributed by atoms with E-state index in [4.69, 9.17) is 5.11 Å². The molecule has 3 nitrogen and oxygen atoms in total. The maximum atomic E-state index is 11.3. The molecule has 0 saturated heterocycles. The molecule has 0 fully saturated rings. The average molecular weight is 211 g/mol. The van der Waals surface area contributed by atoms with Crippen LogP contribution in [0.2, 0.25) is 0 Å². The number of aliphatic hydroxyl groups is 1. The third-order valence-corrected chi connectivity index (χ3v) is 2.63. The number of aliphatic hydroxyl groups excluding tert-OH is 1. The SMILES string of the molecule is C=CCN(Cc1cccs1)C(=O)CO. The summed E-state index contributed by atoms with van der Waals surface area (Å²) in [5.74, 6) is -0.265. The highest BCUT2D eigenvalue weighted by atomic mass is 32.1. The Hall–Kier alpha value is -1.13. The largest absolute Gasteiger partial charge is 0.387 e. The molecule has 0 aliphatic heterocycles. The second-order valence-electron chi connectivity index (χ2n) is 2.80. The zero-order valence-electron chi connectivity index (χ0n) is 7.85. The molecule has 0 aliphatic rings. The number of amides is 1. The molecule has 4 heteroatoms. The smallest absolute Gasteiger partial charge is 0.248 e. The van der Waals surface area contributed by atoms with E-state index in [-0.39, 0.29) is 5.91 Å². The zero-order valence-corrected chi connectivity index (χ0v) is 8.67. The van der Waals surface area contributed by atoms with Crippen molar-refractivity contribution in [1.29, 1.82) is 0 Å². The standard InChI is InChI=1S/C10H13NO2S/c1-2-5-11(10(13)8-12)7-9-4-3-6-14-9/h2-4,6,12H,1,5,7-8H2. The Morgan fingerprint density at radius 1 is 1.71 bits per heavy atom. The lowest BCUT2D eigenvalue weighted by molar-refractivity contribution is -0.134. The first-order valence-corrected chi connectivity index (χ1v) is 5.17. The van der Waals surface area contributed by atoms with Gasteiger partial charge in [0.15, 0.2) is 0 Å². The molecule has 1 heterocycles. The first-order chi connectivity index (χ1) is 6.77. The predicted octanol–water partition coefficient (Wildman–Crippen LogP) is 1.25. The van der Waals surface area contributed by atoms with Gasteiger partial charge in [-0.2, -0.15) is 0 Å². The highest BCUT2D eigenvalue weighted by Crippen LogP contribution is 2.11. The minimum Gasteiger partial charge on any atom is -0.387 e.